The van der Waals surface area contributed by atoms with Gasteiger partial charge in [-0.05, 0) is 60.1 Å². The van der Waals surface area contributed by atoms with Gasteiger partial charge >= 0.3 is 0 Å². The Bertz CT molecular complexity index is 450. The molecule has 0 aromatic heterocycles. The van der Waals surface area contributed by atoms with E-state index in [-0.39, 0.29) is 5.75 Å². The molecule has 120 valence electrons. The van der Waals surface area contributed by atoms with Crippen molar-refractivity contribution in [2.45, 2.75) is 32.9 Å². The number of halogens is 1. The third-order valence-corrected chi connectivity index (χ3v) is 4.10. The predicted molar refractivity (Wildman–Crippen MR) is 91.0 cm³/mol. The maximum atomic E-state index is 9.81. The van der Waals surface area contributed by atoms with E-state index >= 15 is 0 Å². The SMILES string of the molecule is COc1cc(CNCC(CC(C)C)N(C)C)cc(Br)c1O. The van der Waals surface area contributed by atoms with Crippen molar-refractivity contribution in [1.29, 1.82) is 0 Å². The van der Waals surface area contributed by atoms with E-state index in [4.69, 9.17) is 4.74 Å². The Labute approximate surface area is 136 Å². The highest BCUT2D eigenvalue weighted by Crippen LogP contribution is 2.35. The Morgan fingerprint density at radius 3 is 2.52 bits per heavy atom. The van der Waals surface area contributed by atoms with Crippen molar-refractivity contribution in [3.05, 3.63) is 22.2 Å². The third kappa shape index (κ3) is 5.85. The molecule has 1 aromatic carbocycles. The van der Waals surface area contributed by atoms with Crippen molar-refractivity contribution in [2.75, 3.05) is 27.7 Å². The second kappa shape index (κ2) is 8.61. The summed E-state index contributed by atoms with van der Waals surface area (Å²) in [6.07, 6.45) is 1.17. The van der Waals surface area contributed by atoms with Gasteiger partial charge in [-0.15, -0.1) is 0 Å². The monoisotopic (exact) mass is 358 g/mol. The molecule has 0 saturated carbocycles. The highest BCUT2D eigenvalue weighted by atomic mass is 79.9. The minimum absolute atomic E-state index is 0.146. The second-order valence-corrected chi connectivity index (χ2v) is 6.86. The van der Waals surface area contributed by atoms with Crippen molar-refractivity contribution >= 4 is 15.9 Å². The van der Waals surface area contributed by atoms with Crippen LogP contribution in [0.25, 0.3) is 0 Å². The first kappa shape index (κ1) is 18.3. The highest BCUT2D eigenvalue weighted by molar-refractivity contribution is 9.10. The Hall–Kier alpha value is -0.780. The average Bonchev–Trinajstić information content (AvgIpc) is 2.40. The lowest BCUT2D eigenvalue weighted by atomic mass is 10.0. The summed E-state index contributed by atoms with van der Waals surface area (Å²) in [7, 11) is 5.80. The molecule has 0 radical (unpaired) electrons. The van der Waals surface area contributed by atoms with Gasteiger partial charge < -0.3 is 20.1 Å². The van der Waals surface area contributed by atoms with Gasteiger partial charge in [0.15, 0.2) is 11.5 Å². The first-order chi connectivity index (χ1) is 9.85. The van der Waals surface area contributed by atoms with Crippen LogP contribution in [0.5, 0.6) is 11.5 Å². The summed E-state index contributed by atoms with van der Waals surface area (Å²) in [5.41, 5.74) is 1.08. The topological polar surface area (TPSA) is 44.7 Å². The molecule has 0 heterocycles. The molecule has 21 heavy (non-hydrogen) atoms. The lowest BCUT2D eigenvalue weighted by Gasteiger charge is -2.26. The molecule has 0 saturated heterocycles. The first-order valence-corrected chi connectivity index (χ1v) is 8.07. The molecule has 2 N–H and O–H groups in total. The normalized spacial score (nSPS) is 13.0. The van der Waals surface area contributed by atoms with Gasteiger partial charge in [0, 0.05) is 19.1 Å². The molecule has 0 aliphatic carbocycles. The summed E-state index contributed by atoms with van der Waals surface area (Å²) < 4.78 is 5.83. The fourth-order valence-corrected chi connectivity index (χ4v) is 2.78. The number of ether oxygens (including phenoxy) is 1. The molecule has 0 aliphatic heterocycles. The van der Waals surface area contributed by atoms with Crippen LogP contribution in [0.1, 0.15) is 25.8 Å². The largest absolute Gasteiger partial charge is 0.503 e. The number of rotatable bonds is 8. The third-order valence-electron chi connectivity index (χ3n) is 3.49. The first-order valence-electron chi connectivity index (χ1n) is 7.27. The summed E-state index contributed by atoms with van der Waals surface area (Å²) in [6, 6.07) is 4.30. The minimum atomic E-state index is 0.146. The van der Waals surface area contributed by atoms with Crippen LogP contribution in [0.2, 0.25) is 0 Å². The molecule has 1 unspecified atom stereocenters. The van der Waals surface area contributed by atoms with Crippen molar-refractivity contribution in [3.63, 3.8) is 0 Å². The molecule has 0 spiro atoms. The lowest BCUT2D eigenvalue weighted by molar-refractivity contribution is 0.246. The van der Waals surface area contributed by atoms with E-state index in [1.165, 1.54) is 6.42 Å². The van der Waals surface area contributed by atoms with Crippen LogP contribution < -0.4 is 10.1 Å². The van der Waals surface area contributed by atoms with E-state index in [2.05, 4.69) is 54.1 Å². The van der Waals surface area contributed by atoms with Crippen LogP contribution in [-0.2, 0) is 6.54 Å². The molecule has 0 amide bonds. The fraction of sp³-hybridized carbons (Fsp3) is 0.625. The summed E-state index contributed by atoms with van der Waals surface area (Å²) in [5, 5.41) is 13.3. The van der Waals surface area contributed by atoms with Crippen LogP contribution in [0.3, 0.4) is 0 Å². The number of methoxy groups -OCH3 is 1. The van der Waals surface area contributed by atoms with Gasteiger partial charge in [-0.2, -0.15) is 0 Å². The van der Waals surface area contributed by atoms with Crippen LogP contribution in [0.4, 0.5) is 0 Å². The van der Waals surface area contributed by atoms with Gasteiger partial charge in [0.25, 0.3) is 0 Å². The minimum Gasteiger partial charge on any atom is -0.503 e. The van der Waals surface area contributed by atoms with E-state index in [1.54, 1.807) is 7.11 Å². The Morgan fingerprint density at radius 1 is 1.33 bits per heavy atom. The number of likely N-dealkylation sites (N-methyl/N-ethyl adjacent to an activating group) is 1. The number of aromatic hydroxyl groups is 1. The van der Waals surface area contributed by atoms with Crippen LogP contribution in [-0.4, -0.2) is 43.8 Å². The maximum absolute atomic E-state index is 9.81. The molecule has 1 aromatic rings. The number of benzene rings is 1. The van der Waals surface area contributed by atoms with E-state index < -0.39 is 0 Å². The number of phenols is 1. The van der Waals surface area contributed by atoms with Crippen molar-refractivity contribution in [3.8, 4) is 11.5 Å². The summed E-state index contributed by atoms with van der Waals surface area (Å²) in [6.45, 7) is 6.18. The van der Waals surface area contributed by atoms with Gasteiger partial charge in [0.2, 0.25) is 0 Å². The summed E-state index contributed by atoms with van der Waals surface area (Å²) in [5.74, 6) is 1.32. The zero-order chi connectivity index (χ0) is 16.0. The van der Waals surface area contributed by atoms with Gasteiger partial charge in [0.05, 0.1) is 11.6 Å². The van der Waals surface area contributed by atoms with Gasteiger partial charge in [0.1, 0.15) is 0 Å². The number of nitrogens with zero attached hydrogens (tertiary/aromatic N) is 1. The van der Waals surface area contributed by atoms with E-state index in [0.29, 0.717) is 22.2 Å². The Kier molecular flexibility index (Phi) is 7.49. The fourth-order valence-electron chi connectivity index (χ4n) is 2.29. The number of nitrogens with one attached hydrogen (secondary N) is 1. The molecular formula is C16H27BrN2O2. The van der Waals surface area contributed by atoms with Crippen molar-refractivity contribution in [1.82, 2.24) is 10.2 Å². The summed E-state index contributed by atoms with van der Waals surface area (Å²) in [4.78, 5) is 2.26. The number of phenolic OH excluding ortho intramolecular Hbond substituents is 1. The standard InChI is InChI=1S/C16H27BrN2O2/c1-11(2)6-13(19(3)4)10-18-9-12-7-14(17)16(20)15(8-12)21-5/h7-8,11,13,18,20H,6,9-10H2,1-5H3. The van der Waals surface area contributed by atoms with E-state index in [1.807, 2.05) is 12.1 Å². The molecule has 1 atom stereocenters. The zero-order valence-electron chi connectivity index (χ0n) is 13.6. The van der Waals surface area contributed by atoms with Crippen LogP contribution in [0, 0.1) is 5.92 Å². The Balaban J connectivity index is 2.60. The van der Waals surface area contributed by atoms with Gasteiger partial charge in [-0.3, -0.25) is 0 Å². The smallest absolute Gasteiger partial charge is 0.172 e. The molecular weight excluding hydrogens is 332 g/mol. The van der Waals surface area contributed by atoms with Crippen molar-refractivity contribution < 1.29 is 9.84 Å². The van der Waals surface area contributed by atoms with Crippen LogP contribution >= 0.6 is 15.9 Å². The van der Waals surface area contributed by atoms with Crippen LogP contribution in [0.15, 0.2) is 16.6 Å². The lowest BCUT2D eigenvalue weighted by Crippen LogP contribution is -2.38. The molecule has 5 heteroatoms. The summed E-state index contributed by atoms with van der Waals surface area (Å²) >= 11 is 3.35. The zero-order valence-corrected chi connectivity index (χ0v) is 15.2. The van der Waals surface area contributed by atoms with E-state index in [9.17, 15) is 5.11 Å². The average molecular weight is 359 g/mol. The van der Waals surface area contributed by atoms with Gasteiger partial charge in [-0.1, -0.05) is 13.8 Å². The quantitative estimate of drug-likeness (QED) is 0.748. The second-order valence-electron chi connectivity index (χ2n) is 6.01. The molecule has 0 fully saturated rings. The molecule has 0 bridgehead atoms. The number of hydrogen-bond acceptors (Lipinski definition) is 4. The molecule has 1 rings (SSSR count). The van der Waals surface area contributed by atoms with E-state index in [0.717, 1.165) is 18.7 Å². The molecule has 4 nitrogen and oxygen atoms in total. The number of hydrogen-bond donors (Lipinski definition) is 2. The Morgan fingerprint density at radius 2 is 2.00 bits per heavy atom. The maximum Gasteiger partial charge on any atom is 0.172 e. The predicted octanol–water partition coefficient (Wildman–Crippen LogP) is 3.23. The van der Waals surface area contributed by atoms with Gasteiger partial charge in [-0.25, -0.2) is 0 Å². The molecule has 0 aliphatic rings. The van der Waals surface area contributed by atoms with Crippen molar-refractivity contribution in [2.24, 2.45) is 5.92 Å². The highest BCUT2D eigenvalue weighted by Gasteiger charge is 2.13.